The number of hydrogen-bond donors (Lipinski definition) is 0. The minimum atomic E-state index is -1.31. The van der Waals surface area contributed by atoms with Crippen molar-refractivity contribution in [2.45, 2.75) is 0 Å². The zero-order valence-corrected chi connectivity index (χ0v) is 8.88. The summed E-state index contributed by atoms with van der Waals surface area (Å²) in [5, 5.41) is 0. The number of hydrogen-bond acceptors (Lipinski definition) is 1. The molecule has 0 radical (unpaired) electrons. The molecule has 2 aromatic rings. The lowest BCUT2D eigenvalue weighted by Crippen LogP contribution is -1.94. The van der Waals surface area contributed by atoms with Crippen LogP contribution < -0.4 is 0 Å². The first-order chi connectivity index (χ1) is 8.52. The lowest BCUT2D eigenvalue weighted by molar-refractivity contribution is 0.112. The van der Waals surface area contributed by atoms with Crippen molar-refractivity contribution in [3.05, 3.63) is 59.2 Å². The van der Waals surface area contributed by atoms with Crippen LogP contribution in [0.15, 0.2) is 30.3 Å². The number of carbonyl (C=O) groups is 1. The Kier molecular flexibility index (Phi) is 3.14. The number of benzene rings is 2. The molecule has 0 amide bonds. The highest BCUT2D eigenvalue weighted by Crippen LogP contribution is 2.26. The van der Waals surface area contributed by atoms with Crippen molar-refractivity contribution in [2.24, 2.45) is 0 Å². The lowest BCUT2D eigenvalue weighted by Gasteiger charge is -2.05. The van der Waals surface area contributed by atoms with E-state index in [2.05, 4.69) is 0 Å². The highest BCUT2D eigenvalue weighted by atomic mass is 19.2. The average molecular weight is 254 g/mol. The van der Waals surface area contributed by atoms with E-state index >= 15 is 0 Å². The predicted octanol–water partition coefficient (Wildman–Crippen LogP) is 3.72. The van der Waals surface area contributed by atoms with E-state index in [1.807, 2.05) is 0 Å². The maximum atomic E-state index is 13.5. The largest absolute Gasteiger partial charge is 0.298 e. The van der Waals surface area contributed by atoms with Gasteiger partial charge < -0.3 is 0 Å². The third kappa shape index (κ3) is 2.11. The summed E-state index contributed by atoms with van der Waals surface area (Å²) in [5.41, 5.74) is -0.427. The van der Waals surface area contributed by atoms with E-state index in [0.717, 1.165) is 12.1 Å². The van der Waals surface area contributed by atoms with Gasteiger partial charge in [0.05, 0.1) is 5.56 Å². The summed E-state index contributed by atoms with van der Waals surface area (Å²) in [6.07, 6.45) is 0.261. The van der Waals surface area contributed by atoms with Gasteiger partial charge in [0.1, 0.15) is 11.6 Å². The maximum absolute atomic E-state index is 13.5. The van der Waals surface area contributed by atoms with E-state index in [9.17, 15) is 22.4 Å². The SMILES string of the molecule is O=Cc1cc(-c2cc(F)c(F)cc2F)ccc1F. The normalized spacial score (nSPS) is 10.4. The van der Waals surface area contributed by atoms with Crippen LogP contribution in [-0.2, 0) is 0 Å². The van der Waals surface area contributed by atoms with E-state index in [-0.39, 0.29) is 23.0 Å². The molecule has 0 aromatic heterocycles. The van der Waals surface area contributed by atoms with Gasteiger partial charge in [0.15, 0.2) is 17.9 Å². The van der Waals surface area contributed by atoms with Crippen LogP contribution >= 0.6 is 0 Å². The summed E-state index contributed by atoms with van der Waals surface area (Å²) in [7, 11) is 0. The summed E-state index contributed by atoms with van der Waals surface area (Å²) >= 11 is 0. The third-order valence-electron chi connectivity index (χ3n) is 2.44. The second-order valence-corrected chi connectivity index (χ2v) is 3.60. The molecular formula is C13H6F4O. The third-order valence-corrected chi connectivity index (χ3v) is 2.44. The fourth-order valence-electron chi connectivity index (χ4n) is 1.55. The Morgan fingerprint density at radius 1 is 0.778 bits per heavy atom. The fraction of sp³-hybridized carbons (Fsp3) is 0. The van der Waals surface area contributed by atoms with Gasteiger partial charge in [-0.3, -0.25) is 4.79 Å². The molecule has 0 unspecified atom stereocenters. The summed E-state index contributed by atoms with van der Waals surface area (Å²) in [5.74, 6) is -4.29. The molecule has 1 nitrogen and oxygen atoms in total. The number of carbonyl (C=O) groups excluding carboxylic acids is 1. The Morgan fingerprint density at radius 3 is 2.11 bits per heavy atom. The smallest absolute Gasteiger partial charge is 0.161 e. The second-order valence-electron chi connectivity index (χ2n) is 3.60. The minimum Gasteiger partial charge on any atom is -0.298 e. The van der Waals surface area contributed by atoms with E-state index in [0.29, 0.717) is 12.1 Å². The van der Waals surface area contributed by atoms with Gasteiger partial charge in [-0.2, -0.15) is 0 Å². The van der Waals surface area contributed by atoms with Gasteiger partial charge in [-0.05, 0) is 23.8 Å². The Morgan fingerprint density at radius 2 is 1.44 bits per heavy atom. The molecule has 0 saturated carbocycles. The van der Waals surface area contributed by atoms with Crippen molar-refractivity contribution in [3.63, 3.8) is 0 Å². The Balaban J connectivity index is 2.62. The lowest BCUT2D eigenvalue weighted by atomic mass is 10.0. The van der Waals surface area contributed by atoms with Crippen LogP contribution in [0.4, 0.5) is 17.6 Å². The van der Waals surface area contributed by atoms with Gasteiger partial charge in [0.2, 0.25) is 0 Å². The monoisotopic (exact) mass is 254 g/mol. The molecular weight excluding hydrogens is 248 g/mol. The van der Waals surface area contributed by atoms with Gasteiger partial charge >= 0.3 is 0 Å². The molecule has 0 bridgehead atoms. The highest BCUT2D eigenvalue weighted by Gasteiger charge is 2.13. The first-order valence-corrected chi connectivity index (χ1v) is 4.92. The zero-order valence-electron chi connectivity index (χ0n) is 8.88. The Labute approximate surface area is 99.7 Å². The first-order valence-electron chi connectivity index (χ1n) is 4.92. The van der Waals surface area contributed by atoms with Crippen molar-refractivity contribution >= 4 is 6.29 Å². The van der Waals surface area contributed by atoms with Crippen LogP contribution in [0.3, 0.4) is 0 Å². The molecule has 0 spiro atoms. The Hall–Kier alpha value is -2.17. The summed E-state index contributed by atoms with van der Waals surface area (Å²) in [6.45, 7) is 0. The molecule has 0 N–H and O–H groups in total. The average Bonchev–Trinajstić information content (AvgIpc) is 2.35. The van der Waals surface area contributed by atoms with E-state index in [1.165, 1.54) is 6.07 Å². The quantitative estimate of drug-likeness (QED) is 0.453. The van der Waals surface area contributed by atoms with Crippen LogP contribution in [0.5, 0.6) is 0 Å². The molecule has 2 rings (SSSR count). The topological polar surface area (TPSA) is 17.1 Å². The fourth-order valence-corrected chi connectivity index (χ4v) is 1.55. The molecule has 0 heterocycles. The van der Waals surface area contributed by atoms with Crippen LogP contribution in [0.2, 0.25) is 0 Å². The van der Waals surface area contributed by atoms with Gasteiger partial charge in [0.25, 0.3) is 0 Å². The van der Waals surface area contributed by atoms with Crippen LogP contribution in [0.25, 0.3) is 11.1 Å². The Bertz CT molecular complexity index is 623. The highest BCUT2D eigenvalue weighted by molar-refractivity contribution is 5.79. The zero-order chi connectivity index (χ0) is 13.3. The number of aldehydes is 1. The number of halogens is 4. The number of rotatable bonds is 2. The summed E-state index contributed by atoms with van der Waals surface area (Å²) < 4.78 is 52.3. The second kappa shape index (κ2) is 4.60. The van der Waals surface area contributed by atoms with E-state index in [1.54, 1.807) is 0 Å². The molecule has 92 valence electrons. The molecule has 0 atom stereocenters. The van der Waals surface area contributed by atoms with E-state index in [4.69, 9.17) is 0 Å². The van der Waals surface area contributed by atoms with Gasteiger partial charge in [0, 0.05) is 11.6 Å². The van der Waals surface area contributed by atoms with Gasteiger partial charge in [-0.25, -0.2) is 17.6 Å². The first kappa shape index (κ1) is 12.3. The van der Waals surface area contributed by atoms with Crippen molar-refractivity contribution in [1.29, 1.82) is 0 Å². The molecule has 0 aliphatic rings. The predicted molar refractivity (Wildman–Crippen MR) is 57.1 cm³/mol. The molecule has 0 aliphatic carbocycles. The molecule has 0 aliphatic heterocycles. The van der Waals surface area contributed by atoms with Gasteiger partial charge in [-0.1, -0.05) is 6.07 Å². The summed E-state index contributed by atoms with van der Waals surface area (Å²) in [4.78, 5) is 10.5. The van der Waals surface area contributed by atoms with Crippen LogP contribution in [0.1, 0.15) is 10.4 Å². The molecule has 5 heteroatoms. The minimum absolute atomic E-state index is 0.0925. The van der Waals surface area contributed by atoms with Crippen molar-refractivity contribution < 1.29 is 22.4 Å². The standard InChI is InChI=1S/C13H6F4O/c14-10-2-1-7(3-8(10)6-18)9-4-12(16)13(17)5-11(9)15/h1-6H. The molecule has 2 aromatic carbocycles. The molecule has 0 fully saturated rings. The van der Waals surface area contributed by atoms with Crippen LogP contribution in [0, 0.1) is 23.3 Å². The summed E-state index contributed by atoms with van der Waals surface area (Å²) in [6, 6.07) is 4.26. The molecule has 18 heavy (non-hydrogen) atoms. The van der Waals surface area contributed by atoms with Crippen molar-refractivity contribution in [2.75, 3.05) is 0 Å². The molecule has 0 saturated heterocycles. The van der Waals surface area contributed by atoms with Crippen molar-refractivity contribution in [1.82, 2.24) is 0 Å². The van der Waals surface area contributed by atoms with Crippen LogP contribution in [-0.4, -0.2) is 6.29 Å². The van der Waals surface area contributed by atoms with Gasteiger partial charge in [-0.15, -0.1) is 0 Å². The van der Waals surface area contributed by atoms with E-state index < -0.39 is 23.3 Å². The maximum Gasteiger partial charge on any atom is 0.161 e. The van der Waals surface area contributed by atoms with Crippen molar-refractivity contribution in [3.8, 4) is 11.1 Å².